The van der Waals surface area contributed by atoms with Crippen molar-refractivity contribution in [3.63, 3.8) is 0 Å². The lowest BCUT2D eigenvalue weighted by Crippen LogP contribution is -2.25. The number of anilines is 2. The molecule has 1 aliphatic rings. The Kier molecular flexibility index (Phi) is 5.03. The monoisotopic (exact) mass is 338 g/mol. The van der Waals surface area contributed by atoms with Gasteiger partial charge in [-0.2, -0.15) is 0 Å². The number of rotatable bonds is 4. The van der Waals surface area contributed by atoms with Crippen LogP contribution in [0.25, 0.3) is 0 Å². The second-order valence-corrected chi connectivity index (χ2v) is 6.21. The molecule has 3 rings (SSSR count). The molecular formula is C20H22N2O3. The molecule has 25 heavy (non-hydrogen) atoms. The number of carbonyl (C=O) groups is 2. The summed E-state index contributed by atoms with van der Waals surface area (Å²) in [7, 11) is 1.72. The predicted molar refractivity (Wildman–Crippen MR) is 98.1 cm³/mol. The van der Waals surface area contributed by atoms with Crippen LogP contribution in [-0.4, -0.2) is 25.5 Å². The SMILES string of the molecule is Cc1ccccc1CCC(=O)Nc1ccc2c(c1)N(C)C(=O)CCO2. The van der Waals surface area contributed by atoms with E-state index in [2.05, 4.69) is 5.32 Å². The fourth-order valence-electron chi connectivity index (χ4n) is 2.89. The molecule has 1 N–H and O–H groups in total. The van der Waals surface area contributed by atoms with Crippen LogP contribution in [0.2, 0.25) is 0 Å². The van der Waals surface area contributed by atoms with Gasteiger partial charge in [-0.3, -0.25) is 9.59 Å². The maximum atomic E-state index is 12.3. The molecule has 1 aliphatic heterocycles. The highest BCUT2D eigenvalue weighted by atomic mass is 16.5. The number of hydrogen-bond donors (Lipinski definition) is 1. The molecular weight excluding hydrogens is 316 g/mol. The first-order chi connectivity index (χ1) is 12.0. The maximum absolute atomic E-state index is 12.3. The average Bonchev–Trinajstić information content (AvgIpc) is 2.74. The van der Waals surface area contributed by atoms with Gasteiger partial charge in [0, 0.05) is 19.2 Å². The summed E-state index contributed by atoms with van der Waals surface area (Å²) in [6, 6.07) is 13.4. The zero-order valence-electron chi connectivity index (χ0n) is 14.5. The van der Waals surface area contributed by atoms with Crippen LogP contribution in [0.15, 0.2) is 42.5 Å². The summed E-state index contributed by atoms with van der Waals surface area (Å²) in [5, 5.41) is 2.91. The van der Waals surface area contributed by atoms with Gasteiger partial charge in [-0.25, -0.2) is 0 Å². The van der Waals surface area contributed by atoms with Crippen molar-refractivity contribution in [1.29, 1.82) is 0 Å². The second kappa shape index (κ2) is 7.38. The summed E-state index contributed by atoms with van der Waals surface area (Å²) in [5.74, 6) is 0.611. The highest BCUT2D eigenvalue weighted by Crippen LogP contribution is 2.33. The van der Waals surface area contributed by atoms with Crippen LogP contribution in [0.5, 0.6) is 5.75 Å². The minimum Gasteiger partial charge on any atom is -0.491 e. The summed E-state index contributed by atoms with van der Waals surface area (Å²) in [6.45, 7) is 2.42. The first-order valence-corrected chi connectivity index (χ1v) is 8.42. The van der Waals surface area contributed by atoms with Crippen molar-refractivity contribution >= 4 is 23.2 Å². The van der Waals surface area contributed by atoms with Gasteiger partial charge < -0.3 is 15.0 Å². The first kappa shape index (κ1) is 17.0. The third-order valence-corrected chi connectivity index (χ3v) is 4.43. The summed E-state index contributed by atoms with van der Waals surface area (Å²) in [5.41, 5.74) is 3.72. The number of hydrogen-bond acceptors (Lipinski definition) is 3. The molecule has 130 valence electrons. The molecule has 0 spiro atoms. The molecule has 0 aliphatic carbocycles. The van der Waals surface area contributed by atoms with Crippen molar-refractivity contribution in [3.05, 3.63) is 53.6 Å². The van der Waals surface area contributed by atoms with E-state index in [0.717, 1.165) is 0 Å². The number of carbonyl (C=O) groups excluding carboxylic acids is 2. The summed E-state index contributed by atoms with van der Waals surface area (Å²) in [4.78, 5) is 25.8. The van der Waals surface area contributed by atoms with Crippen LogP contribution in [0.4, 0.5) is 11.4 Å². The average molecular weight is 338 g/mol. The van der Waals surface area contributed by atoms with Gasteiger partial charge in [-0.15, -0.1) is 0 Å². The van der Waals surface area contributed by atoms with Gasteiger partial charge in [-0.1, -0.05) is 24.3 Å². The van der Waals surface area contributed by atoms with Crippen molar-refractivity contribution in [2.75, 3.05) is 23.9 Å². The zero-order chi connectivity index (χ0) is 17.8. The Labute approximate surface area is 147 Å². The van der Waals surface area contributed by atoms with Crippen LogP contribution < -0.4 is 15.0 Å². The van der Waals surface area contributed by atoms with Crippen molar-refractivity contribution < 1.29 is 14.3 Å². The topological polar surface area (TPSA) is 58.6 Å². The molecule has 1 heterocycles. The second-order valence-electron chi connectivity index (χ2n) is 6.21. The Balaban J connectivity index is 1.67. The third-order valence-electron chi connectivity index (χ3n) is 4.43. The zero-order valence-corrected chi connectivity index (χ0v) is 14.5. The summed E-state index contributed by atoms with van der Waals surface area (Å²) < 4.78 is 5.59. The van der Waals surface area contributed by atoms with E-state index >= 15 is 0 Å². The molecule has 0 aromatic heterocycles. The standard InChI is InChI=1S/C20H22N2O3/c1-14-5-3-4-6-15(14)7-10-19(23)21-16-8-9-18-17(13-16)22(2)20(24)11-12-25-18/h3-6,8-9,13H,7,10-12H2,1-2H3,(H,21,23). The normalized spacial score (nSPS) is 13.7. The van der Waals surface area contributed by atoms with Gasteiger partial charge in [0.1, 0.15) is 5.75 Å². The van der Waals surface area contributed by atoms with Crippen molar-refractivity contribution in [1.82, 2.24) is 0 Å². The Morgan fingerprint density at radius 1 is 1.24 bits per heavy atom. The lowest BCUT2D eigenvalue weighted by atomic mass is 10.0. The third kappa shape index (κ3) is 3.99. The number of benzene rings is 2. The van der Waals surface area contributed by atoms with Gasteiger partial charge in [-0.05, 0) is 42.7 Å². The largest absolute Gasteiger partial charge is 0.491 e. The Morgan fingerprint density at radius 2 is 2.04 bits per heavy atom. The highest BCUT2D eigenvalue weighted by Gasteiger charge is 2.20. The van der Waals surface area contributed by atoms with Gasteiger partial charge >= 0.3 is 0 Å². The summed E-state index contributed by atoms with van der Waals surface area (Å²) >= 11 is 0. The highest BCUT2D eigenvalue weighted by molar-refractivity contribution is 5.97. The number of nitrogens with zero attached hydrogens (tertiary/aromatic N) is 1. The lowest BCUT2D eigenvalue weighted by Gasteiger charge is -2.17. The van der Waals surface area contributed by atoms with Crippen molar-refractivity contribution in [3.8, 4) is 5.75 Å². The minimum absolute atomic E-state index is 0.00165. The molecule has 0 bridgehead atoms. The van der Waals surface area contributed by atoms with Crippen LogP contribution in [0.3, 0.4) is 0 Å². The lowest BCUT2D eigenvalue weighted by molar-refractivity contribution is -0.118. The van der Waals surface area contributed by atoms with E-state index in [9.17, 15) is 9.59 Å². The van der Waals surface area contributed by atoms with Crippen LogP contribution in [0, 0.1) is 6.92 Å². The van der Waals surface area contributed by atoms with Gasteiger partial charge in [0.05, 0.1) is 18.7 Å². The molecule has 0 saturated carbocycles. The first-order valence-electron chi connectivity index (χ1n) is 8.42. The van der Waals surface area contributed by atoms with E-state index in [1.165, 1.54) is 11.1 Å². The number of fused-ring (bicyclic) bond motifs is 1. The van der Waals surface area contributed by atoms with Crippen molar-refractivity contribution in [2.24, 2.45) is 0 Å². The minimum atomic E-state index is -0.0493. The molecule has 0 radical (unpaired) electrons. The van der Waals surface area contributed by atoms with E-state index in [0.29, 0.717) is 43.0 Å². The quantitative estimate of drug-likeness (QED) is 0.930. The Morgan fingerprint density at radius 3 is 2.84 bits per heavy atom. The number of amides is 2. The Bertz CT molecular complexity index is 801. The van der Waals surface area contributed by atoms with Gasteiger partial charge in [0.15, 0.2) is 0 Å². The van der Waals surface area contributed by atoms with Crippen molar-refractivity contribution in [2.45, 2.75) is 26.2 Å². The molecule has 0 atom stereocenters. The maximum Gasteiger partial charge on any atom is 0.230 e. The van der Waals surface area contributed by atoms with Crippen LogP contribution in [0.1, 0.15) is 24.0 Å². The molecule has 5 heteroatoms. The molecule has 2 aromatic carbocycles. The molecule has 0 unspecified atom stereocenters. The molecule has 0 fully saturated rings. The van der Waals surface area contributed by atoms with Gasteiger partial charge in [0.25, 0.3) is 0 Å². The van der Waals surface area contributed by atoms with Crippen LogP contribution in [-0.2, 0) is 16.0 Å². The molecule has 0 saturated heterocycles. The molecule has 2 aromatic rings. The predicted octanol–water partition coefficient (Wildman–Crippen LogP) is 3.31. The van der Waals surface area contributed by atoms with E-state index in [4.69, 9.17) is 4.74 Å². The van der Waals surface area contributed by atoms with Gasteiger partial charge in [0.2, 0.25) is 11.8 Å². The van der Waals surface area contributed by atoms with E-state index < -0.39 is 0 Å². The van der Waals surface area contributed by atoms with E-state index in [1.54, 1.807) is 30.1 Å². The molecule has 5 nitrogen and oxygen atoms in total. The smallest absolute Gasteiger partial charge is 0.230 e. The van der Waals surface area contributed by atoms with E-state index in [1.807, 2.05) is 31.2 Å². The molecule has 2 amide bonds. The summed E-state index contributed by atoms with van der Waals surface area (Å²) in [6.07, 6.45) is 1.46. The number of nitrogens with one attached hydrogen (secondary N) is 1. The number of ether oxygens (including phenoxy) is 1. The van der Waals surface area contributed by atoms with E-state index in [-0.39, 0.29) is 11.8 Å². The fourth-order valence-corrected chi connectivity index (χ4v) is 2.89. The number of aryl methyl sites for hydroxylation is 2. The van der Waals surface area contributed by atoms with Crippen LogP contribution >= 0.6 is 0 Å². The fraction of sp³-hybridized carbons (Fsp3) is 0.300. The Hall–Kier alpha value is -2.82.